The summed E-state index contributed by atoms with van der Waals surface area (Å²) in [7, 11) is 1.61. The fourth-order valence-electron chi connectivity index (χ4n) is 3.81. The van der Waals surface area contributed by atoms with Crippen molar-refractivity contribution < 1.29 is 19.5 Å². The minimum Gasteiger partial charge on any atom is -0.508 e. The smallest absolute Gasteiger partial charge is 0.251 e. The van der Waals surface area contributed by atoms with E-state index in [4.69, 9.17) is 5.73 Å². The van der Waals surface area contributed by atoms with Crippen molar-refractivity contribution in [1.82, 2.24) is 0 Å². The number of anilines is 1. The first-order chi connectivity index (χ1) is 18.1. The van der Waals surface area contributed by atoms with Crippen LogP contribution in [-0.4, -0.2) is 29.8 Å². The molecule has 1 aromatic heterocycles. The van der Waals surface area contributed by atoms with Gasteiger partial charge in [-0.1, -0.05) is 44.5 Å². The second kappa shape index (κ2) is 14.8. The highest BCUT2D eigenvalue weighted by Crippen LogP contribution is 2.34. The number of nitrogens with zero attached hydrogens (tertiary/aromatic N) is 2. The molecule has 2 amide bonds. The number of carbonyl (C=O) groups excluding carboxylic acids is 3. The predicted molar refractivity (Wildman–Crippen MR) is 153 cm³/mol. The first-order valence-corrected chi connectivity index (χ1v) is 13.4. The molecule has 0 saturated carbocycles. The van der Waals surface area contributed by atoms with Gasteiger partial charge < -0.3 is 16.2 Å². The van der Waals surface area contributed by atoms with E-state index in [1.165, 1.54) is 18.3 Å². The van der Waals surface area contributed by atoms with Gasteiger partial charge in [0.1, 0.15) is 10.8 Å². The topological polar surface area (TPSA) is 134 Å². The summed E-state index contributed by atoms with van der Waals surface area (Å²) in [4.78, 5) is 36.3. The normalized spacial score (nSPS) is 10.7. The van der Waals surface area contributed by atoms with Crippen molar-refractivity contribution in [2.75, 3.05) is 12.4 Å². The molecule has 3 aromatic rings. The van der Waals surface area contributed by atoms with Gasteiger partial charge in [-0.15, -0.1) is 11.3 Å². The van der Waals surface area contributed by atoms with E-state index >= 15 is 0 Å². The van der Waals surface area contributed by atoms with Gasteiger partial charge in [-0.2, -0.15) is 10.2 Å². The number of primary amides is 1. The number of aryl methyl sites for hydroxylation is 3. The number of thiophene rings is 1. The number of nitrogens with two attached hydrogens (primary N) is 1. The van der Waals surface area contributed by atoms with Crippen LogP contribution in [0, 0.1) is 6.92 Å². The Morgan fingerprint density at radius 3 is 2.29 bits per heavy atom. The molecule has 2 aromatic carbocycles. The predicted octanol–water partition coefficient (Wildman–Crippen LogP) is 6.55. The molecule has 4 N–H and O–H groups in total. The van der Waals surface area contributed by atoms with Gasteiger partial charge in [0.05, 0.1) is 11.3 Å². The van der Waals surface area contributed by atoms with E-state index in [-0.39, 0.29) is 17.4 Å². The fourth-order valence-corrected chi connectivity index (χ4v) is 5.02. The summed E-state index contributed by atoms with van der Waals surface area (Å²) in [6.07, 6.45) is 3.36. The van der Waals surface area contributed by atoms with E-state index in [9.17, 15) is 19.5 Å². The van der Waals surface area contributed by atoms with Gasteiger partial charge in [0.25, 0.3) is 5.91 Å². The minimum absolute atomic E-state index is 0.0487. The number of carbonyl (C=O) groups is 3. The van der Waals surface area contributed by atoms with Crippen LogP contribution in [0.2, 0.25) is 0 Å². The first-order valence-electron chi connectivity index (χ1n) is 12.5. The molecule has 0 aliphatic rings. The van der Waals surface area contributed by atoms with Gasteiger partial charge in [0, 0.05) is 23.9 Å². The zero-order valence-corrected chi connectivity index (χ0v) is 23.4. The Bertz CT molecular complexity index is 1300. The maximum Gasteiger partial charge on any atom is 0.251 e. The number of hydrogen-bond acceptors (Lipinski definition) is 7. The third-order valence-corrected chi connectivity index (χ3v) is 7.10. The number of amides is 2. The molecule has 0 unspecified atom stereocenters. The van der Waals surface area contributed by atoms with Crippen LogP contribution in [0.4, 0.5) is 10.7 Å². The summed E-state index contributed by atoms with van der Waals surface area (Å²) < 4.78 is 0. The number of phenolic OH excluding ortho intramolecular Hbond substituents is 1. The monoisotopic (exact) mass is 536 g/mol. The Morgan fingerprint density at radius 2 is 1.74 bits per heavy atom. The molecule has 0 aliphatic carbocycles. The quantitative estimate of drug-likeness (QED) is 0.200. The molecule has 1 heterocycles. The van der Waals surface area contributed by atoms with Crippen LogP contribution < -0.4 is 11.1 Å². The van der Waals surface area contributed by atoms with Gasteiger partial charge in [-0.05, 0) is 68.0 Å². The molecule has 9 heteroatoms. The lowest BCUT2D eigenvalue weighted by Crippen LogP contribution is -2.18. The molecule has 0 aliphatic heterocycles. The number of aromatic hydroxyl groups is 1. The zero-order valence-electron chi connectivity index (χ0n) is 22.6. The Labute approximate surface area is 228 Å². The Kier molecular flexibility index (Phi) is 11.8. The highest BCUT2D eigenvalue weighted by Gasteiger charge is 2.22. The number of rotatable bonds is 10. The van der Waals surface area contributed by atoms with Crippen LogP contribution in [0.1, 0.15) is 75.9 Å². The number of hydrogen-bond donors (Lipinski definition) is 3. The summed E-state index contributed by atoms with van der Waals surface area (Å²) in [5.41, 5.74) is 10.4. The highest BCUT2D eigenvalue weighted by molar-refractivity contribution is 7.17. The van der Waals surface area contributed by atoms with Crippen LogP contribution in [0.15, 0.2) is 52.7 Å². The molecule has 0 radical (unpaired) electrons. The lowest BCUT2D eigenvalue weighted by Gasteiger charge is -2.06. The van der Waals surface area contributed by atoms with Crippen LogP contribution >= 0.6 is 11.3 Å². The fraction of sp³-hybridized carbons (Fsp3) is 0.345. The summed E-state index contributed by atoms with van der Waals surface area (Å²) >= 11 is 1.44. The number of phenols is 1. The second-order valence-electron chi connectivity index (χ2n) is 8.75. The van der Waals surface area contributed by atoms with Gasteiger partial charge in [0.15, 0.2) is 5.78 Å². The summed E-state index contributed by atoms with van der Waals surface area (Å²) in [6.45, 7) is 7.56. The summed E-state index contributed by atoms with van der Waals surface area (Å²) in [5, 5.41) is 20.3. The third kappa shape index (κ3) is 8.62. The van der Waals surface area contributed by atoms with Crippen molar-refractivity contribution in [2.24, 2.45) is 16.0 Å². The molecule has 0 spiro atoms. The van der Waals surface area contributed by atoms with Crippen molar-refractivity contribution in [3.63, 3.8) is 0 Å². The summed E-state index contributed by atoms with van der Waals surface area (Å²) in [6, 6.07) is 12.2. The average molecular weight is 537 g/mol. The molecule has 3 rings (SSSR count). The van der Waals surface area contributed by atoms with Crippen LogP contribution in [0.3, 0.4) is 0 Å². The van der Waals surface area contributed by atoms with Gasteiger partial charge in [0.2, 0.25) is 5.91 Å². The number of Topliss-reactive ketones (excluding diaryl/α,β-unsaturated/α-hetero) is 1. The van der Waals surface area contributed by atoms with Crippen LogP contribution in [-0.2, 0) is 24.1 Å². The third-order valence-electron chi connectivity index (χ3n) is 5.81. The van der Waals surface area contributed by atoms with Crippen LogP contribution in [0.25, 0.3) is 0 Å². The van der Waals surface area contributed by atoms with Crippen molar-refractivity contribution in [2.45, 2.75) is 59.8 Å². The maximum atomic E-state index is 12.3. The molecular formula is C29H36N4O4S. The number of nitrogens with one attached hydrogen (secondary N) is 1. The molecule has 0 atom stereocenters. The van der Waals surface area contributed by atoms with E-state index in [1.807, 2.05) is 19.9 Å². The molecule has 38 heavy (non-hydrogen) atoms. The molecule has 0 fully saturated rings. The first kappa shape index (κ1) is 30.4. The standard InChI is InChI=1S/C19H24N2O3S.C10H12N2O/c1-3-5-14-15(4-2)25-19(17(14)18(20)24)21-16(23)11-8-12-6-9-13(22)10-7-12;1-7-4-5-9(8(2)13)6-10(7)12-11-3/h6-7,9-10,22H,3-5,8,11H2,1-2H3,(H2,20,24)(H,21,23);4-6H,1-3H3. The maximum absolute atomic E-state index is 12.3. The molecule has 0 saturated heterocycles. The lowest BCUT2D eigenvalue weighted by atomic mass is 10.0. The second-order valence-corrected chi connectivity index (χ2v) is 9.85. The molecule has 202 valence electrons. The number of ketones is 1. The molecule has 0 bridgehead atoms. The van der Waals surface area contributed by atoms with E-state index in [0.717, 1.165) is 46.5 Å². The average Bonchev–Trinajstić information content (AvgIpc) is 3.22. The molecule has 8 nitrogen and oxygen atoms in total. The van der Waals surface area contributed by atoms with Crippen molar-refractivity contribution in [1.29, 1.82) is 0 Å². The number of azo groups is 1. The van der Waals surface area contributed by atoms with Gasteiger partial charge in [-0.3, -0.25) is 14.4 Å². The number of benzene rings is 2. The summed E-state index contributed by atoms with van der Waals surface area (Å²) in [5.74, 6) is -0.392. The Morgan fingerprint density at radius 1 is 1.05 bits per heavy atom. The largest absolute Gasteiger partial charge is 0.508 e. The van der Waals surface area contributed by atoms with Crippen LogP contribution in [0.5, 0.6) is 5.75 Å². The minimum atomic E-state index is -0.492. The van der Waals surface area contributed by atoms with E-state index in [2.05, 4.69) is 22.5 Å². The lowest BCUT2D eigenvalue weighted by molar-refractivity contribution is -0.116. The van der Waals surface area contributed by atoms with E-state index in [0.29, 0.717) is 29.0 Å². The zero-order chi connectivity index (χ0) is 28.2. The van der Waals surface area contributed by atoms with Gasteiger partial charge >= 0.3 is 0 Å². The van der Waals surface area contributed by atoms with Crippen molar-refractivity contribution in [3.8, 4) is 5.75 Å². The Hall–Kier alpha value is -3.85. The Balaban J connectivity index is 0.000000328. The SMILES string of the molecule is CCCc1c(CC)sc(NC(=O)CCc2ccc(O)cc2)c1C(N)=O.CN=Nc1cc(C(C)=O)ccc1C. The van der Waals surface area contributed by atoms with Crippen molar-refractivity contribution >= 4 is 39.6 Å². The van der Waals surface area contributed by atoms with E-state index < -0.39 is 5.91 Å². The molecular weight excluding hydrogens is 500 g/mol. The van der Waals surface area contributed by atoms with Gasteiger partial charge in [-0.25, -0.2) is 0 Å². The highest BCUT2D eigenvalue weighted by atomic mass is 32.1. The van der Waals surface area contributed by atoms with Crippen molar-refractivity contribution in [3.05, 3.63) is 75.2 Å². The van der Waals surface area contributed by atoms with E-state index in [1.54, 1.807) is 43.4 Å².